The molecule has 0 unspecified atom stereocenters. The maximum Gasteiger partial charge on any atom is 0.143 e. The number of nitrogens with zero attached hydrogens (tertiary/aromatic N) is 1. The number of hydrogen-bond acceptors (Lipinski definition) is 2. The van der Waals surface area contributed by atoms with E-state index in [9.17, 15) is 0 Å². The van der Waals surface area contributed by atoms with Gasteiger partial charge >= 0.3 is 0 Å². The summed E-state index contributed by atoms with van der Waals surface area (Å²) in [6, 6.07) is 33.9. The first-order valence-corrected chi connectivity index (χ1v) is 10.2. The molecule has 4 aromatic carbocycles. The van der Waals surface area contributed by atoms with Gasteiger partial charge in [-0.25, -0.2) is 0 Å². The highest BCUT2D eigenvalue weighted by Gasteiger charge is 2.12. The third-order valence-corrected chi connectivity index (χ3v) is 5.73. The maximum atomic E-state index is 6.24. The average Bonchev–Trinajstić information content (AvgIpc) is 3.18. The molecule has 0 N–H and O–H groups in total. The molecular formula is C28H19NO. The van der Waals surface area contributed by atoms with Gasteiger partial charge in [-0.3, -0.25) is 4.98 Å². The van der Waals surface area contributed by atoms with Crippen LogP contribution in [0.2, 0.25) is 0 Å². The molecule has 30 heavy (non-hydrogen) atoms. The second kappa shape index (κ2) is 6.85. The van der Waals surface area contributed by atoms with Crippen LogP contribution in [0.15, 0.2) is 108 Å². The number of fused-ring (bicyclic) bond motifs is 5. The number of furan rings is 1. The molecule has 0 aliphatic rings. The highest BCUT2D eigenvalue weighted by Crippen LogP contribution is 2.35. The van der Waals surface area contributed by atoms with Gasteiger partial charge in [-0.05, 0) is 59.3 Å². The van der Waals surface area contributed by atoms with Crippen molar-refractivity contribution in [3.63, 3.8) is 0 Å². The number of benzene rings is 4. The summed E-state index contributed by atoms with van der Waals surface area (Å²) in [4.78, 5) is 4.64. The summed E-state index contributed by atoms with van der Waals surface area (Å²) in [6.07, 6.45) is 2.80. The molecule has 0 saturated heterocycles. The van der Waals surface area contributed by atoms with Crippen molar-refractivity contribution < 1.29 is 4.42 Å². The summed E-state index contributed by atoms with van der Waals surface area (Å²) in [5.74, 6) is 0. The zero-order valence-corrected chi connectivity index (χ0v) is 16.4. The molecule has 0 amide bonds. The van der Waals surface area contributed by atoms with Crippen LogP contribution in [0.25, 0.3) is 44.0 Å². The van der Waals surface area contributed by atoms with Crippen LogP contribution in [-0.2, 0) is 6.42 Å². The third-order valence-electron chi connectivity index (χ3n) is 5.73. The minimum Gasteiger partial charge on any atom is -0.455 e. The van der Waals surface area contributed by atoms with E-state index in [4.69, 9.17) is 4.42 Å². The molecular weight excluding hydrogens is 366 g/mol. The lowest BCUT2D eigenvalue weighted by Gasteiger charge is -2.06. The van der Waals surface area contributed by atoms with Crippen LogP contribution in [0.1, 0.15) is 11.1 Å². The van der Waals surface area contributed by atoms with E-state index < -0.39 is 0 Å². The molecule has 0 radical (unpaired) electrons. The Kier molecular flexibility index (Phi) is 3.88. The zero-order chi connectivity index (χ0) is 19.9. The molecule has 0 atom stereocenters. The summed E-state index contributed by atoms with van der Waals surface area (Å²) >= 11 is 0. The third kappa shape index (κ3) is 2.85. The van der Waals surface area contributed by atoms with Crippen LogP contribution in [0.3, 0.4) is 0 Å². The van der Waals surface area contributed by atoms with Crippen molar-refractivity contribution in [2.45, 2.75) is 6.42 Å². The molecule has 6 rings (SSSR count). The second-order valence-corrected chi connectivity index (χ2v) is 7.69. The summed E-state index contributed by atoms with van der Waals surface area (Å²) in [5, 5.41) is 4.62. The van der Waals surface area contributed by atoms with Crippen LogP contribution < -0.4 is 0 Å². The summed E-state index contributed by atoms with van der Waals surface area (Å²) < 4.78 is 6.24. The van der Waals surface area contributed by atoms with Gasteiger partial charge in [0.05, 0.1) is 5.69 Å². The molecule has 0 aliphatic heterocycles. The average molecular weight is 385 g/mol. The van der Waals surface area contributed by atoms with E-state index in [1.165, 1.54) is 16.5 Å². The maximum absolute atomic E-state index is 6.24. The molecule has 142 valence electrons. The molecule has 2 aromatic heterocycles. The number of rotatable bonds is 3. The molecule has 2 heteroatoms. The first-order valence-electron chi connectivity index (χ1n) is 10.2. The Morgan fingerprint density at radius 2 is 1.50 bits per heavy atom. The normalized spacial score (nSPS) is 11.5. The van der Waals surface area contributed by atoms with E-state index in [1.807, 2.05) is 6.20 Å². The standard InChI is InChI=1S/C28H19NO/c1-2-6-19(7-3-1)16-20-14-15-29-26(17-20)22-11-13-27-25(18-22)24-12-10-21-8-4-5-9-23(21)28(24)30-27/h1-15,17-18H,16H2. The van der Waals surface area contributed by atoms with Gasteiger partial charge in [0.1, 0.15) is 11.2 Å². The van der Waals surface area contributed by atoms with Crippen molar-refractivity contribution in [1.29, 1.82) is 0 Å². The Morgan fingerprint density at radius 3 is 2.43 bits per heavy atom. The smallest absolute Gasteiger partial charge is 0.143 e. The molecule has 0 fully saturated rings. The van der Waals surface area contributed by atoms with E-state index in [0.29, 0.717) is 0 Å². The SMILES string of the molecule is c1ccc(Cc2ccnc(-c3ccc4oc5c6ccccc6ccc5c4c3)c2)cc1. The first-order chi connectivity index (χ1) is 14.8. The predicted octanol–water partition coefficient (Wildman–Crippen LogP) is 7.39. The monoisotopic (exact) mass is 385 g/mol. The molecule has 0 aliphatic carbocycles. The minimum atomic E-state index is 0.902. The molecule has 0 spiro atoms. The van der Waals surface area contributed by atoms with E-state index in [0.717, 1.165) is 45.0 Å². The topological polar surface area (TPSA) is 26.0 Å². The van der Waals surface area contributed by atoms with Crippen LogP contribution >= 0.6 is 0 Å². The molecule has 2 nitrogen and oxygen atoms in total. The highest BCUT2D eigenvalue weighted by atomic mass is 16.3. The van der Waals surface area contributed by atoms with Gasteiger partial charge in [0.15, 0.2) is 0 Å². The second-order valence-electron chi connectivity index (χ2n) is 7.69. The van der Waals surface area contributed by atoms with E-state index >= 15 is 0 Å². The van der Waals surface area contributed by atoms with Crippen LogP contribution in [0.4, 0.5) is 0 Å². The Bertz CT molecular complexity index is 1510. The Balaban J connectivity index is 1.46. The van der Waals surface area contributed by atoms with Crippen molar-refractivity contribution in [2.24, 2.45) is 0 Å². The highest BCUT2D eigenvalue weighted by molar-refractivity contribution is 6.15. The lowest BCUT2D eigenvalue weighted by Crippen LogP contribution is -1.91. The number of pyridine rings is 1. The Labute approximate surface area is 174 Å². The van der Waals surface area contributed by atoms with Crippen molar-refractivity contribution in [3.05, 3.63) is 114 Å². The molecule has 2 heterocycles. The largest absolute Gasteiger partial charge is 0.455 e. The van der Waals surface area contributed by atoms with Crippen molar-refractivity contribution in [3.8, 4) is 11.3 Å². The number of hydrogen-bond donors (Lipinski definition) is 0. The predicted molar refractivity (Wildman–Crippen MR) is 124 cm³/mol. The summed E-state index contributed by atoms with van der Waals surface area (Å²) in [6.45, 7) is 0. The molecule has 6 aromatic rings. The molecule has 0 saturated carbocycles. The van der Waals surface area contributed by atoms with Crippen molar-refractivity contribution in [1.82, 2.24) is 4.98 Å². The minimum absolute atomic E-state index is 0.902. The van der Waals surface area contributed by atoms with E-state index in [2.05, 4.69) is 102 Å². The zero-order valence-electron chi connectivity index (χ0n) is 16.4. The Morgan fingerprint density at radius 1 is 0.633 bits per heavy atom. The summed E-state index contributed by atoms with van der Waals surface area (Å²) in [7, 11) is 0. The molecule has 0 bridgehead atoms. The van der Waals surface area contributed by atoms with Crippen LogP contribution in [-0.4, -0.2) is 4.98 Å². The quantitative estimate of drug-likeness (QED) is 0.317. The fraction of sp³-hybridized carbons (Fsp3) is 0.0357. The van der Waals surface area contributed by atoms with Crippen molar-refractivity contribution in [2.75, 3.05) is 0 Å². The first kappa shape index (κ1) is 17.0. The van der Waals surface area contributed by atoms with Gasteiger partial charge in [-0.15, -0.1) is 0 Å². The van der Waals surface area contributed by atoms with Gasteiger partial charge < -0.3 is 4.42 Å². The van der Waals surface area contributed by atoms with Gasteiger partial charge in [-0.1, -0.05) is 60.7 Å². The fourth-order valence-electron chi connectivity index (χ4n) is 4.24. The van der Waals surface area contributed by atoms with E-state index in [1.54, 1.807) is 0 Å². The van der Waals surface area contributed by atoms with Gasteiger partial charge in [0, 0.05) is 27.9 Å². The van der Waals surface area contributed by atoms with E-state index in [-0.39, 0.29) is 0 Å². The Hall–Kier alpha value is -3.91. The lowest BCUT2D eigenvalue weighted by atomic mass is 10.0. The van der Waals surface area contributed by atoms with Gasteiger partial charge in [0.2, 0.25) is 0 Å². The number of aromatic nitrogens is 1. The van der Waals surface area contributed by atoms with Crippen molar-refractivity contribution >= 4 is 32.7 Å². The lowest BCUT2D eigenvalue weighted by molar-refractivity contribution is 0.672. The van der Waals surface area contributed by atoms with Gasteiger partial charge in [-0.2, -0.15) is 0 Å². The van der Waals surface area contributed by atoms with Crippen LogP contribution in [0, 0.1) is 0 Å². The van der Waals surface area contributed by atoms with Crippen LogP contribution in [0.5, 0.6) is 0 Å². The fourth-order valence-corrected chi connectivity index (χ4v) is 4.24. The van der Waals surface area contributed by atoms with Gasteiger partial charge in [0.25, 0.3) is 0 Å². The summed E-state index contributed by atoms with van der Waals surface area (Å²) in [5.41, 5.74) is 6.51.